The predicted molar refractivity (Wildman–Crippen MR) is 130 cm³/mol. The van der Waals surface area contributed by atoms with Gasteiger partial charge in [-0.25, -0.2) is 4.79 Å². The lowest BCUT2D eigenvalue weighted by atomic mass is 9.93. The van der Waals surface area contributed by atoms with Crippen molar-refractivity contribution >= 4 is 11.5 Å². The Kier molecular flexibility index (Phi) is 11.9. The number of nitrogens with zero attached hydrogens (tertiary/aromatic N) is 1. The SMILES string of the molecule is CCCCCCCCCCCC(N)OC(=O)C(C#N)=C(c1ccccc1)c1ccccc1. The summed E-state index contributed by atoms with van der Waals surface area (Å²) in [6, 6.07) is 20.9. The van der Waals surface area contributed by atoms with Gasteiger partial charge in [0.05, 0.1) is 0 Å². The maximum absolute atomic E-state index is 12.9. The lowest BCUT2D eigenvalue weighted by molar-refractivity contribution is -0.143. The molecule has 1 unspecified atom stereocenters. The molecular weight excluding hydrogens is 396 g/mol. The third-order valence-corrected chi connectivity index (χ3v) is 5.54. The molecule has 0 heterocycles. The fourth-order valence-corrected chi connectivity index (χ4v) is 3.78. The van der Waals surface area contributed by atoms with Crippen molar-refractivity contribution in [1.82, 2.24) is 0 Å². The smallest absolute Gasteiger partial charge is 0.351 e. The maximum Gasteiger partial charge on any atom is 0.351 e. The van der Waals surface area contributed by atoms with E-state index >= 15 is 0 Å². The van der Waals surface area contributed by atoms with E-state index < -0.39 is 12.2 Å². The van der Waals surface area contributed by atoms with Crippen molar-refractivity contribution in [2.24, 2.45) is 5.73 Å². The Morgan fingerprint density at radius 3 is 1.78 bits per heavy atom. The molecule has 0 amide bonds. The molecule has 0 bridgehead atoms. The van der Waals surface area contributed by atoms with E-state index in [0.717, 1.165) is 24.0 Å². The Bertz CT molecular complexity index is 828. The van der Waals surface area contributed by atoms with Gasteiger partial charge < -0.3 is 4.74 Å². The van der Waals surface area contributed by atoms with Crippen LogP contribution in [0, 0.1) is 11.3 Å². The van der Waals surface area contributed by atoms with Gasteiger partial charge in [0.2, 0.25) is 0 Å². The van der Waals surface area contributed by atoms with Crippen molar-refractivity contribution in [2.75, 3.05) is 0 Å². The summed E-state index contributed by atoms with van der Waals surface area (Å²) in [6.07, 6.45) is 10.9. The number of carbonyl (C=O) groups excluding carboxylic acids is 1. The van der Waals surface area contributed by atoms with Gasteiger partial charge in [0.15, 0.2) is 6.23 Å². The molecule has 0 aliphatic rings. The monoisotopic (exact) mass is 432 g/mol. The summed E-state index contributed by atoms with van der Waals surface area (Å²) < 4.78 is 5.46. The molecule has 2 N–H and O–H groups in total. The minimum atomic E-state index is -0.705. The Morgan fingerprint density at radius 2 is 1.31 bits per heavy atom. The van der Waals surface area contributed by atoms with Crippen LogP contribution in [-0.4, -0.2) is 12.2 Å². The number of ether oxygens (including phenoxy) is 1. The minimum Gasteiger partial charge on any atom is -0.443 e. The number of nitriles is 1. The van der Waals surface area contributed by atoms with Gasteiger partial charge >= 0.3 is 5.97 Å². The first-order chi connectivity index (χ1) is 15.7. The highest BCUT2D eigenvalue weighted by Gasteiger charge is 2.21. The van der Waals surface area contributed by atoms with E-state index in [2.05, 4.69) is 13.0 Å². The standard InChI is InChI=1S/C28H36N2O2/c1-2-3-4-5-6-7-8-9-16-21-26(30)32-28(31)25(22-29)27(23-17-12-10-13-18-23)24-19-14-11-15-20-24/h10-15,17-20,26H,2-9,16,21,30H2,1H3. The fourth-order valence-electron chi connectivity index (χ4n) is 3.78. The number of unbranched alkanes of at least 4 members (excludes halogenated alkanes) is 8. The van der Waals surface area contributed by atoms with Crippen LogP contribution in [0.4, 0.5) is 0 Å². The molecule has 4 heteroatoms. The van der Waals surface area contributed by atoms with Crippen molar-refractivity contribution < 1.29 is 9.53 Å². The molecule has 32 heavy (non-hydrogen) atoms. The third kappa shape index (κ3) is 8.69. The number of hydrogen-bond acceptors (Lipinski definition) is 4. The van der Waals surface area contributed by atoms with Crippen molar-refractivity contribution in [3.63, 3.8) is 0 Å². The molecule has 2 aromatic rings. The van der Waals surface area contributed by atoms with Crippen molar-refractivity contribution in [3.05, 3.63) is 77.4 Å². The van der Waals surface area contributed by atoms with Gasteiger partial charge in [0.25, 0.3) is 0 Å². The van der Waals surface area contributed by atoms with E-state index in [1.54, 1.807) is 0 Å². The number of carbonyl (C=O) groups is 1. The zero-order valence-corrected chi connectivity index (χ0v) is 19.3. The van der Waals surface area contributed by atoms with Gasteiger partial charge in [-0.3, -0.25) is 5.73 Å². The highest BCUT2D eigenvalue weighted by Crippen LogP contribution is 2.27. The number of hydrogen-bond donors (Lipinski definition) is 1. The van der Waals surface area contributed by atoms with E-state index in [4.69, 9.17) is 10.5 Å². The molecule has 170 valence electrons. The summed E-state index contributed by atoms with van der Waals surface area (Å²) in [5.74, 6) is -0.668. The van der Waals surface area contributed by atoms with Crippen LogP contribution in [0.5, 0.6) is 0 Å². The molecule has 0 radical (unpaired) electrons. The molecule has 2 aromatic carbocycles. The quantitative estimate of drug-likeness (QED) is 0.118. The lowest BCUT2D eigenvalue weighted by Gasteiger charge is -2.15. The first kappa shape index (κ1) is 25.4. The normalized spacial score (nSPS) is 11.4. The fraction of sp³-hybridized carbons (Fsp3) is 0.429. The molecule has 0 aliphatic carbocycles. The summed E-state index contributed by atoms with van der Waals surface area (Å²) in [4.78, 5) is 12.9. The highest BCUT2D eigenvalue weighted by atomic mass is 16.6. The van der Waals surface area contributed by atoms with Crippen LogP contribution >= 0.6 is 0 Å². The lowest BCUT2D eigenvalue weighted by Crippen LogP contribution is -2.28. The largest absolute Gasteiger partial charge is 0.443 e. The Morgan fingerprint density at radius 1 is 0.844 bits per heavy atom. The Labute approximate surface area is 193 Å². The average molecular weight is 433 g/mol. The van der Waals surface area contributed by atoms with Crippen LogP contribution in [-0.2, 0) is 9.53 Å². The van der Waals surface area contributed by atoms with Gasteiger partial charge in [-0.1, -0.05) is 119 Å². The zero-order chi connectivity index (χ0) is 23.0. The molecule has 0 fully saturated rings. The summed E-state index contributed by atoms with van der Waals surface area (Å²) >= 11 is 0. The van der Waals surface area contributed by atoms with E-state index in [1.807, 2.05) is 60.7 Å². The van der Waals surface area contributed by atoms with Gasteiger partial charge in [-0.2, -0.15) is 5.26 Å². The average Bonchev–Trinajstić information content (AvgIpc) is 2.82. The first-order valence-corrected chi connectivity index (χ1v) is 11.9. The molecule has 4 nitrogen and oxygen atoms in total. The number of rotatable bonds is 14. The van der Waals surface area contributed by atoms with Crippen LogP contribution in [0.2, 0.25) is 0 Å². The van der Waals surface area contributed by atoms with E-state index in [1.165, 1.54) is 44.9 Å². The summed E-state index contributed by atoms with van der Waals surface area (Å²) in [5, 5.41) is 9.80. The van der Waals surface area contributed by atoms with Gasteiger partial charge in [0.1, 0.15) is 11.6 Å². The Hall–Kier alpha value is -2.90. The van der Waals surface area contributed by atoms with Crippen molar-refractivity contribution in [1.29, 1.82) is 5.26 Å². The topological polar surface area (TPSA) is 76.1 Å². The van der Waals surface area contributed by atoms with E-state index in [0.29, 0.717) is 12.0 Å². The van der Waals surface area contributed by atoms with Crippen LogP contribution < -0.4 is 5.73 Å². The second kappa shape index (κ2) is 15.0. The molecule has 0 spiro atoms. The molecule has 0 saturated carbocycles. The summed E-state index contributed by atoms with van der Waals surface area (Å²) in [6.45, 7) is 2.23. The molecule has 0 aliphatic heterocycles. The predicted octanol–water partition coefficient (Wildman–Crippen LogP) is 6.76. The van der Waals surface area contributed by atoms with Crippen molar-refractivity contribution in [3.8, 4) is 6.07 Å². The summed E-state index contributed by atoms with van der Waals surface area (Å²) in [5.41, 5.74) is 8.19. The van der Waals surface area contributed by atoms with Crippen LogP contribution in [0.3, 0.4) is 0 Å². The maximum atomic E-state index is 12.9. The van der Waals surface area contributed by atoms with Crippen LogP contribution in [0.15, 0.2) is 66.2 Å². The Balaban J connectivity index is 1.94. The number of benzene rings is 2. The third-order valence-electron chi connectivity index (χ3n) is 5.54. The summed E-state index contributed by atoms with van der Waals surface area (Å²) in [7, 11) is 0. The molecule has 2 rings (SSSR count). The van der Waals surface area contributed by atoms with Gasteiger partial charge in [-0.05, 0) is 24.0 Å². The van der Waals surface area contributed by atoms with Crippen LogP contribution in [0.1, 0.15) is 82.3 Å². The first-order valence-electron chi connectivity index (χ1n) is 11.9. The van der Waals surface area contributed by atoms with Crippen molar-refractivity contribution in [2.45, 2.75) is 77.4 Å². The zero-order valence-electron chi connectivity index (χ0n) is 19.3. The minimum absolute atomic E-state index is 0.0232. The van der Waals surface area contributed by atoms with Gasteiger partial charge in [-0.15, -0.1) is 0 Å². The van der Waals surface area contributed by atoms with Crippen LogP contribution in [0.25, 0.3) is 5.57 Å². The highest BCUT2D eigenvalue weighted by molar-refractivity contribution is 6.05. The van der Waals surface area contributed by atoms with E-state index in [-0.39, 0.29) is 5.57 Å². The molecule has 0 saturated heterocycles. The number of esters is 1. The molecule has 1 atom stereocenters. The second-order valence-corrected chi connectivity index (χ2v) is 8.15. The molecule has 0 aromatic heterocycles. The van der Waals surface area contributed by atoms with Gasteiger partial charge in [0, 0.05) is 5.57 Å². The van der Waals surface area contributed by atoms with E-state index in [9.17, 15) is 10.1 Å². The molecular formula is C28H36N2O2. The second-order valence-electron chi connectivity index (χ2n) is 8.15. The number of nitrogens with two attached hydrogens (primary N) is 1.